The molecule has 2 aromatic rings. The molecule has 1 amide bonds. The molecule has 98 valence electrons. The van der Waals surface area contributed by atoms with Gasteiger partial charge in [0, 0.05) is 12.6 Å². The van der Waals surface area contributed by atoms with Gasteiger partial charge in [0.1, 0.15) is 11.6 Å². The van der Waals surface area contributed by atoms with Gasteiger partial charge in [-0.1, -0.05) is 24.3 Å². The van der Waals surface area contributed by atoms with Gasteiger partial charge in [-0.05, 0) is 36.6 Å². The fraction of sp³-hybridized carbons (Fsp3) is 0.200. The number of amides is 1. The number of nitrogens with zero attached hydrogens (tertiary/aromatic N) is 1. The molecule has 2 rings (SSSR count). The van der Waals surface area contributed by atoms with Crippen LogP contribution >= 0.6 is 0 Å². The first-order valence-corrected chi connectivity index (χ1v) is 6.20. The number of aryl methyl sites for hydroxylation is 1. The Kier molecular flexibility index (Phi) is 4.61. The van der Waals surface area contributed by atoms with E-state index in [1.807, 2.05) is 6.07 Å². The molecule has 0 spiro atoms. The first kappa shape index (κ1) is 13.2. The number of aromatic nitrogens is 1. The van der Waals surface area contributed by atoms with E-state index in [2.05, 4.69) is 10.3 Å². The predicted octanol–water partition coefficient (Wildman–Crippen LogP) is 3.18. The molecule has 0 radical (unpaired) electrons. The fourth-order valence-corrected chi connectivity index (χ4v) is 1.78. The van der Waals surface area contributed by atoms with Crippen molar-refractivity contribution >= 4 is 11.7 Å². The van der Waals surface area contributed by atoms with Crippen LogP contribution in [0.25, 0.3) is 0 Å². The average Bonchev–Trinajstić information content (AvgIpc) is 2.42. The molecule has 0 saturated heterocycles. The van der Waals surface area contributed by atoms with Crippen LogP contribution in [0.4, 0.5) is 10.2 Å². The zero-order chi connectivity index (χ0) is 13.5. The number of hydrogen-bond donors (Lipinski definition) is 1. The van der Waals surface area contributed by atoms with Crippen LogP contribution in [-0.4, -0.2) is 10.9 Å². The monoisotopic (exact) mass is 258 g/mol. The number of carbonyl (C=O) groups is 1. The van der Waals surface area contributed by atoms with Crippen LogP contribution in [0.3, 0.4) is 0 Å². The summed E-state index contributed by atoms with van der Waals surface area (Å²) in [6.45, 7) is 0. The zero-order valence-electron chi connectivity index (χ0n) is 10.5. The summed E-state index contributed by atoms with van der Waals surface area (Å²) in [5.41, 5.74) is 0.646. The van der Waals surface area contributed by atoms with Crippen molar-refractivity contribution in [2.45, 2.75) is 19.3 Å². The first-order chi connectivity index (χ1) is 9.25. The SMILES string of the molecule is O=C(CCCc1ccccc1F)Nc1ccccn1. The van der Waals surface area contributed by atoms with E-state index in [9.17, 15) is 9.18 Å². The molecular weight excluding hydrogens is 243 g/mol. The lowest BCUT2D eigenvalue weighted by Gasteiger charge is -2.04. The quantitative estimate of drug-likeness (QED) is 0.895. The molecule has 0 bridgehead atoms. The Labute approximate surface area is 111 Å². The Morgan fingerprint density at radius 2 is 1.95 bits per heavy atom. The molecule has 0 atom stereocenters. The van der Waals surface area contributed by atoms with Crippen LogP contribution in [0.5, 0.6) is 0 Å². The molecule has 0 fully saturated rings. The number of rotatable bonds is 5. The Bertz CT molecular complexity index is 543. The lowest BCUT2D eigenvalue weighted by atomic mass is 10.1. The maximum atomic E-state index is 13.4. The number of anilines is 1. The Balaban J connectivity index is 1.77. The highest BCUT2D eigenvalue weighted by molar-refractivity contribution is 5.89. The molecule has 0 aliphatic carbocycles. The molecule has 0 aliphatic heterocycles. The molecule has 1 heterocycles. The van der Waals surface area contributed by atoms with Crippen molar-refractivity contribution in [1.82, 2.24) is 4.98 Å². The highest BCUT2D eigenvalue weighted by Gasteiger charge is 2.05. The lowest BCUT2D eigenvalue weighted by Crippen LogP contribution is -2.12. The Morgan fingerprint density at radius 3 is 2.68 bits per heavy atom. The van der Waals surface area contributed by atoms with Crippen LogP contribution in [0.15, 0.2) is 48.7 Å². The van der Waals surface area contributed by atoms with Crippen LogP contribution < -0.4 is 5.32 Å². The number of carbonyl (C=O) groups excluding carboxylic acids is 1. The van der Waals surface area contributed by atoms with E-state index in [4.69, 9.17) is 0 Å². The van der Waals surface area contributed by atoms with Crippen molar-refractivity contribution in [3.63, 3.8) is 0 Å². The van der Waals surface area contributed by atoms with Crippen molar-refractivity contribution < 1.29 is 9.18 Å². The second-order valence-electron chi connectivity index (χ2n) is 4.21. The topological polar surface area (TPSA) is 42.0 Å². The number of halogens is 1. The van der Waals surface area contributed by atoms with Crippen molar-refractivity contribution in [1.29, 1.82) is 0 Å². The largest absolute Gasteiger partial charge is 0.311 e. The van der Waals surface area contributed by atoms with Crippen molar-refractivity contribution in [3.05, 3.63) is 60.0 Å². The van der Waals surface area contributed by atoms with E-state index in [0.717, 1.165) is 0 Å². The summed E-state index contributed by atoms with van der Waals surface area (Å²) in [7, 11) is 0. The molecular formula is C15H15FN2O. The minimum absolute atomic E-state index is 0.102. The molecule has 4 heteroatoms. The minimum atomic E-state index is -0.215. The Hall–Kier alpha value is -2.23. The van der Waals surface area contributed by atoms with Crippen LogP contribution in [-0.2, 0) is 11.2 Å². The molecule has 0 aliphatic rings. The molecule has 19 heavy (non-hydrogen) atoms. The maximum absolute atomic E-state index is 13.4. The van der Waals surface area contributed by atoms with E-state index >= 15 is 0 Å². The van der Waals surface area contributed by atoms with E-state index in [1.54, 1.807) is 36.5 Å². The van der Waals surface area contributed by atoms with Gasteiger partial charge in [0.25, 0.3) is 0 Å². The molecule has 0 saturated carbocycles. The molecule has 1 N–H and O–H groups in total. The smallest absolute Gasteiger partial charge is 0.225 e. The van der Waals surface area contributed by atoms with Gasteiger partial charge in [-0.3, -0.25) is 4.79 Å². The van der Waals surface area contributed by atoms with Gasteiger partial charge in [-0.15, -0.1) is 0 Å². The van der Waals surface area contributed by atoms with Crippen molar-refractivity contribution in [2.24, 2.45) is 0 Å². The number of benzene rings is 1. The standard InChI is InChI=1S/C15H15FN2O/c16-13-8-2-1-6-12(13)7-5-10-15(19)18-14-9-3-4-11-17-14/h1-4,6,8-9,11H,5,7,10H2,(H,17,18,19). The molecule has 1 aromatic heterocycles. The molecule has 0 unspecified atom stereocenters. The summed E-state index contributed by atoms with van der Waals surface area (Å²) in [4.78, 5) is 15.6. The van der Waals surface area contributed by atoms with E-state index in [1.165, 1.54) is 6.07 Å². The summed E-state index contributed by atoms with van der Waals surface area (Å²) in [5, 5.41) is 2.70. The minimum Gasteiger partial charge on any atom is -0.311 e. The fourth-order valence-electron chi connectivity index (χ4n) is 1.78. The van der Waals surface area contributed by atoms with Crippen molar-refractivity contribution in [2.75, 3.05) is 5.32 Å². The number of pyridine rings is 1. The highest BCUT2D eigenvalue weighted by atomic mass is 19.1. The second kappa shape index (κ2) is 6.64. The van der Waals surface area contributed by atoms with E-state index in [-0.39, 0.29) is 11.7 Å². The summed E-state index contributed by atoms with van der Waals surface area (Å²) < 4.78 is 13.4. The van der Waals surface area contributed by atoms with Gasteiger partial charge in [0.15, 0.2) is 0 Å². The van der Waals surface area contributed by atoms with Crippen LogP contribution in [0.1, 0.15) is 18.4 Å². The summed E-state index contributed by atoms with van der Waals surface area (Å²) >= 11 is 0. The van der Waals surface area contributed by atoms with Gasteiger partial charge >= 0.3 is 0 Å². The van der Waals surface area contributed by atoms with Gasteiger partial charge in [0.2, 0.25) is 5.91 Å². The third-order valence-electron chi connectivity index (χ3n) is 2.74. The van der Waals surface area contributed by atoms with Crippen LogP contribution in [0.2, 0.25) is 0 Å². The van der Waals surface area contributed by atoms with Gasteiger partial charge < -0.3 is 5.32 Å². The van der Waals surface area contributed by atoms with E-state index < -0.39 is 0 Å². The Morgan fingerprint density at radius 1 is 1.16 bits per heavy atom. The second-order valence-corrected chi connectivity index (χ2v) is 4.21. The van der Waals surface area contributed by atoms with Gasteiger partial charge in [-0.25, -0.2) is 9.37 Å². The van der Waals surface area contributed by atoms with Crippen LogP contribution in [0, 0.1) is 5.82 Å². The molecule has 1 aromatic carbocycles. The number of hydrogen-bond acceptors (Lipinski definition) is 2. The van der Waals surface area contributed by atoms with Gasteiger partial charge in [-0.2, -0.15) is 0 Å². The number of nitrogens with one attached hydrogen (secondary N) is 1. The normalized spacial score (nSPS) is 10.2. The summed E-state index contributed by atoms with van der Waals surface area (Å²) in [6, 6.07) is 12.0. The molecule has 3 nitrogen and oxygen atoms in total. The highest BCUT2D eigenvalue weighted by Crippen LogP contribution is 2.10. The summed E-state index contributed by atoms with van der Waals surface area (Å²) in [5.74, 6) is 0.223. The van der Waals surface area contributed by atoms with E-state index in [0.29, 0.717) is 30.6 Å². The third kappa shape index (κ3) is 4.17. The van der Waals surface area contributed by atoms with Gasteiger partial charge in [0.05, 0.1) is 0 Å². The zero-order valence-corrected chi connectivity index (χ0v) is 10.5. The predicted molar refractivity (Wildman–Crippen MR) is 72.2 cm³/mol. The maximum Gasteiger partial charge on any atom is 0.225 e. The first-order valence-electron chi connectivity index (χ1n) is 6.20. The third-order valence-corrected chi connectivity index (χ3v) is 2.74. The lowest BCUT2D eigenvalue weighted by molar-refractivity contribution is -0.116. The summed E-state index contributed by atoms with van der Waals surface area (Å²) in [6.07, 6.45) is 3.14. The average molecular weight is 258 g/mol. The van der Waals surface area contributed by atoms with Crippen molar-refractivity contribution in [3.8, 4) is 0 Å².